The Hall–Kier alpha value is -0.0400. The van der Waals surface area contributed by atoms with E-state index in [2.05, 4.69) is 19.2 Å². The lowest BCUT2D eigenvalue weighted by Gasteiger charge is -2.44. The van der Waals surface area contributed by atoms with Crippen molar-refractivity contribution in [2.75, 3.05) is 6.54 Å². The molecule has 3 aliphatic rings. The molecule has 0 amide bonds. The first kappa shape index (κ1) is 11.1. The van der Waals surface area contributed by atoms with Crippen molar-refractivity contribution in [1.29, 1.82) is 0 Å². The zero-order valence-electron chi connectivity index (χ0n) is 11.0. The summed E-state index contributed by atoms with van der Waals surface area (Å²) in [5, 5.41) is 3.94. The smallest absolute Gasteiger partial charge is 0.0238 e. The van der Waals surface area contributed by atoms with Crippen LogP contribution in [0.3, 0.4) is 0 Å². The SMILES string of the molecule is CC1CCC(C2(C3CC3)CCCN2)CC1C. The summed E-state index contributed by atoms with van der Waals surface area (Å²) in [7, 11) is 0. The number of rotatable bonds is 2. The van der Waals surface area contributed by atoms with E-state index in [0.29, 0.717) is 5.54 Å². The Morgan fingerprint density at radius 3 is 2.25 bits per heavy atom. The summed E-state index contributed by atoms with van der Waals surface area (Å²) in [6.45, 7) is 6.22. The van der Waals surface area contributed by atoms with E-state index in [1.165, 1.54) is 51.5 Å². The Kier molecular flexibility index (Phi) is 2.78. The molecule has 92 valence electrons. The second-order valence-corrected chi connectivity index (χ2v) is 6.81. The standard InChI is InChI=1S/C15H27N/c1-11-4-5-14(10-12(11)2)15(13-6-7-13)8-3-9-16-15/h11-14,16H,3-10H2,1-2H3. The largest absolute Gasteiger partial charge is 0.311 e. The van der Waals surface area contributed by atoms with Gasteiger partial charge in [-0.05, 0) is 68.7 Å². The molecule has 3 fully saturated rings. The molecule has 0 spiro atoms. The average Bonchev–Trinajstić information content (AvgIpc) is 3.02. The van der Waals surface area contributed by atoms with Gasteiger partial charge in [-0.2, -0.15) is 0 Å². The van der Waals surface area contributed by atoms with Crippen LogP contribution in [0.1, 0.15) is 58.8 Å². The summed E-state index contributed by atoms with van der Waals surface area (Å²) < 4.78 is 0. The van der Waals surface area contributed by atoms with Gasteiger partial charge in [0.2, 0.25) is 0 Å². The molecule has 1 nitrogen and oxygen atoms in total. The number of nitrogens with one attached hydrogen (secondary N) is 1. The van der Waals surface area contributed by atoms with Crippen LogP contribution in [0.4, 0.5) is 0 Å². The molecule has 2 aliphatic carbocycles. The highest BCUT2D eigenvalue weighted by atomic mass is 15.0. The highest BCUT2D eigenvalue weighted by Gasteiger charge is 2.52. The summed E-state index contributed by atoms with van der Waals surface area (Å²) in [6.07, 6.45) is 10.4. The maximum Gasteiger partial charge on any atom is 0.0238 e. The predicted molar refractivity (Wildman–Crippen MR) is 68.4 cm³/mol. The van der Waals surface area contributed by atoms with E-state index in [1.807, 2.05) is 0 Å². The lowest BCUT2D eigenvalue weighted by Crippen LogP contribution is -2.50. The summed E-state index contributed by atoms with van der Waals surface area (Å²) in [5.74, 6) is 3.96. The fraction of sp³-hybridized carbons (Fsp3) is 1.00. The minimum Gasteiger partial charge on any atom is -0.311 e. The van der Waals surface area contributed by atoms with Crippen LogP contribution in [0.2, 0.25) is 0 Å². The second kappa shape index (κ2) is 4.01. The van der Waals surface area contributed by atoms with Crippen LogP contribution < -0.4 is 5.32 Å². The van der Waals surface area contributed by atoms with E-state index in [1.54, 1.807) is 0 Å². The molecule has 4 atom stereocenters. The molecule has 0 aromatic carbocycles. The molecule has 1 saturated heterocycles. The Balaban J connectivity index is 1.74. The fourth-order valence-corrected chi connectivity index (χ4v) is 4.43. The van der Waals surface area contributed by atoms with Crippen molar-refractivity contribution in [3.8, 4) is 0 Å². The lowest BCUT2D eigenvalue weighted by molar-refractivity contribution is 0.103. The van der Waals surface area contributed by atoms with Crippen molar-refractivity contribution in [3.05, 3.63) is 0 Å². The average molecular weight is 221 g/mol. The van der Waals surface area contributed by atoms with E-state index >= 15 is 0 Å². The first-order chi connectivity index (χ1) is 7.72. The summed E-state index contributed by atoms with van der Waals surface area (Å²) in [5.41, 5.74) is 0.592. The Morgan fingerprint density at radius 2 is 1.69 bits per heavy atom. The van der Waals surface area contributed by atoms with E-state index in [-0.39, 0.29) is 0 Å². The van der Waals surface area contributed by atoms with Gasteiger partial charge in [0.1, 0.15) is 0 Å². The number of hydrogen-bond acceptors (Lipinski definition) is 1. The van der Waals surface area contributed by atoms with E-state index in [9.17, 15) is 0 Å². The van der Waals surface area contributed by atoms with E-state index < -0.39 is 0 Å². The molecule has 2 saturated carbocycles. The molecular formula is C15H27N. The summed E-state index contributed by atoms with van der Waals surface area (Å²) in [6, 6.07) is 0. The van der Waals surface area contributed by atoms with Gasteiger partial charge < -0.3 is 5.32 Å². The van der Waals surface area contributed by atoms with E-state index in [0.717, 1.165) is 23.7 Å². The molecule has 1 heteroatoms. The molecule has 0 aromatic rings. The molecule has 0 bridgehead atoms. The van der Waals surface area contributed by atoms with Crippen molar-refractivity contribution < 1.29 is 0 Å². The van der Waals surface area contributed by atoms with Crippen LogP contribution >= 0.6 is 0 Å². The zero-order chi connectivity index (χ0) is 11.2. The highest BCUT2D eigenvalue weighted by Crippen LogP contribution is 2.52. The third-order valence-corrected chi connectivity index (χ3v) is 5.85. The van der Waals surface area contributed by atoms with Crippen LogP contribution in [0.5, 0.6) is 0 Å². The Morgan fingerprint density at radius 1 is 0.938 bits per heavy atom. The minimum absolute atomic E-state index is 0.592. The van der Waals surface area contributed by atoms with Gasteiger partial charge in [0.15, 0.2) is 0 Å². The normalized spacial score (nSPS) is 49.5. The van der Waals surface area contributed by atoms with Crippen molar-refractivity contribution >= 4 is 0 Å². The van der Waals surface area contributed by atoms with Gasteiger partial charge in [0.25, 0.3) is 0 Å². The molecule has 0 aromatic heterocycles. The van der Waals surface area contributed by atoms with Crippen LogP contribution in [-0.4, -0.2) is 12.1 Å². The van der Waals surface area contributed by atoms with Gasteiger partial charge in [0, 0.05) is 5.54 Å². The van der Waals surface area contributed by atoms with Crippen LogP contribution in [0.15, 0.2) is 0 Å². The highest BCUT2D eigenvalue weighted by molar-refractivity contribution is 5.08. The van der Waals surface area contributed by atoms with Gasteiger partial charge in [-0.25, -0.2) is 0 Å². The van der Waals surface area contributed by atoms with Crippen molar-refractivity contribution in [2.24, 2.45) is 23.7 Å². The zero-order valence-corrected chi connectivity index (χ0v) is 11.0. The molecule has 3 rings (SSSR count). The third kappa shape index (κ3) is 1.72. The molecular weight excluding hydrogens is 194 g/mol. The first-order valence-corrected chi connectivity index (χ1v) is 7.47. The van der Waals surface area contributed by atoms with Gasteiger partial charge >= 0.3 is 0 Å². The minimum atomic E-state index is 0.592. The second-order valence-electron chi connectivity index (χ2n) is 6.81. The number of hydrogen-bond donors (Lipinski definition) is 1. The molecule has 0 radical (unpaired) electrons. The fourth-order valence-electron chi connectivity index (χ4n) is 4.43. The molecule has 4 unspecified atom stereocenters. The van der Waals surface area contributed by atoms with Crippen molar-refractivity contribution in [3.63, 3.8) is 0 Å². The third-order valence-electron chi connectivity index (χ3n) is 5.85. The van der Waals surface area contributed by atoms with Crippen molar-refractivity contribution in [2.45, 2.75) is 64.3 Å². The Bertz CT molecular complexity index is 250. The molecule has 1 heterocycles. The Labute approximate surface area is 100 Å². The van der Waals surface area contributed by atoms with Gasteiger partial charge in [-0.15, -0.1) is 0 Å². The van der Waals surface area contributed by atoms with Crippen molar-refractivity contribution in [1.82, 2.24) is 5.32 Å². The predicted octanol–water partition coefficient (Wildman–Crippen LogP) is 3.59. The summed E-state index contributed by atoms with van der Waals surface area (Å²) in [4.78, 5) is 0. The summed E-state index contributed by atoms with van der Waals surface area (Å²) >= 11 is 0. The van der Waals surface area contributed by atoms with Gasteiger partial charge in [0.05, 0.1) is 0 Å². The molecule has 1 aliphatic heterocycles. The van der Waals surface area contributed by atoms with Gasteiger partial charge in [-0.3, -0.25) is 0 Å². The molecule has 16 heavy (non-hydrogen) atoms. The monoisotopic (exact) mass is 221 g/mol. The lowest BCUT2D eigenvalue weighted by atomic mass is 9.66. The quantitative estimate of drug-likeness (QED) is 0.751. The maximum absolute atomic E-state index is 3.94. The molecule has 1 N–H and O–H groups in total. The van der Waals surface area contributed by atoms with Crippen LogP contribution in [0, 0.1) is 23.7 Å². The van der Waals surface area contributed by atoms with Crippen LogP contribution in [-0.2, 0) is 0 Å². The first-order valence-electron chi connectivity index (χ1n) is 7.47. The van der Waals surface area contributed by atoms with E-state index in [4.69, 9.17) is 0 Å². The maximum atomic E-state index is 3.94. The van der Waals surface area contributed by atoms with Gasteiger partial charge in [-0.1, -0.05) is 20.3 Å². The topological polar surface area (TPSA) is 12.0 Å². The van der Waals surface area contributed by atoms with Crippen LogP contribution in [0.25, 0.3) is 0 Å².